The second-order valence-corrected chi connectivity index (χ2v) is 6.67. The summed E-state index contributed by atoms with van der Waals surface area (Å²) < 4.78 is 0. The van der Waals surface area contributed by atoms with Crippen LogP contribution in [0.2, 0.25) is 0 Å². The van der Waals surface area contributed by atoms with E-state index in [1.807, 2.05) is 44.2 Å². The van der Waals surface area contributed by atoms with Gasteiger partial charge in [0.15, 0.2) is 6.04 Å². The lowest BCUT2D eigenvalue weighted by Crippen LogP contribution is -2.32. The molecular formula is C19H20N6O3. The number of hydrogen-bond donors (Lipinski definition) is 2. The van der Waals surface area contributed by atoms with E-state index in [9.17, 15) is 9.59 Å². The predicted octanol–water partition coefficient (Wildman–Crippen LogP) is 2.58. The number of aryl methyl sites for hydroxylation is 1. The third kappa shape index (κ3) is 4.03. The van der Waals surface area contributed by atoms with E-state index in [4.69, 9.17) is 5.11 Å². The maximum atomic E-state index is 12.8. The lowest BCUT2D eigenvalue weighted by molar-refractivity contribution is -0.121. The van der Waals surface area contributed by atoms with Gasteiger partial charge in [-0.2, -0.15) is 4.80 Å². The van der Waals surface area contributed by atoms with E-state index in [1.54, 1.807) is 6.92 Å². The first-order valence-corrected chi connectivity index (χ1v) is 8.72. The maximum Gasteiger partial charge on any atom is 0.337 e. The second-order valence-electron chi connectivity index (χ2n) is 6.67. The molecule has 1 unspecified atom stereocenters. The van der Waals surface area contributed by atoms with Crippen LogP contribution in [0.15, 0.2) is 42.6 Å². The first-order valence-electron chi connectivity index (χ1n) is 8.72. The van der Waals surface area contributed by atoms with Gasteiger partial charge in [-0.3, -0.25) is 4.79 Å². The lowest BCUT2D eigenvalue weighted by atomic mass is 10.0. The Bertz CT molecular complexity index is 1000. The smallest absolute Gasteiger partial charge is 0.337 e. The van der Waals surface area contributed by atoms with Crippen molar-refractivity contribution in [3.8, 4) is 11.4 Å². The highest BCUT2D eigenvalue weighted by Crippen LogP contribution is 2.21. The molecule has 0 saturated heterocycles. The quantitative estimate of drug-likeness (QED) is 0.673. The van der Waals surface area contributed by atoms with Crippen LogP contribution in [0.25, 0.3) is 11.4 Å². The standard InChI is InChI=1S/C19H20N6O3/c1-11(2)16(25-23-17(22-24-25)13-7-5-4-6-8-13)18(26)21-15-9-12(3)14(10-20-15)19(27)28/h4-11,16H,1-3H3,(H,27,28)(H,20,21,26). The number of amides is 1. The summed E-state index contributed by atoms with van der Waals surface area (Å²) in [5.74, 6) is -0.845. The summed E-state index contributed by atoms with van der Waals surface area (Å²) in [6, 6.07) is 10.2. The van der Waals surface area contributed by atoms with Crippen molar-refractivity contribution in [2.75, 3.05) is 5.32 Å². The van der Waals surface area contributed by atoms with Crippen molar-refractivity contribution in [3.05, 3.63) is 53.7 Å². The van der Waals surface area contributed by atoms with Crippen LogP contribution in [-0.2, 0) is 4.79 Å². The monoisotopic (exact) mass is 380 g/mol. The Hall–Kier alpha value is -3.62. The molecule has 144 valence electrons. The Labute approximate surface area is 161 Å². The van der Waals surface area contributed by atoms with Crippen LogP contribution in [-0.4, -0.2) is 42.2 Å². The van der Waals surface area contributed by atoms with E-state index in [0.717, 1.165) is 5.56 Å². The molecule has 1 atom stereocenters. The number of aromatic carboxylic acids is 1. The van der Waals surface area contributed by atoms with E-state index < -0.39 is 12.0 Å². The van der Waals surface area contributed by atoms with Gasteiger partial charge in [0.2, 0.25) is 5.82 Å². The molecule has 3 aromatic rings. The number of pyridine rings is 1. The Morgan fingerprint density at radius 3 is 2.50 bits per heavy atom. The Kier molecular flexibility index (Phi) is 5.44. The Morgan fingerprint density at radius 1 is 1.18 bits per heavy atom. The van der Waals surface area contributed by atoms with Crippen LogP contribution < -0.4 is 5.32 Å². The largest absolute Gasteiger partial charge is 0.478 e. The van der Waals surface area contributed by atoms with Gasteiger partial charge < -0.3 is 10.4 Å². The number of anilines is 1. The summed E-state index contributed by atoms with van der Waals surface area (Å²) >= 11 is 0. The number of carboxylic acids is 1. The molecule has 1 amide bonds. The number of rotatable bonds is 6. The van der Waals surface area contributed by atoms with Crippen LogP contribution in [0.5, 0.6) is 0 Å². The van der Waals surface area contributed by atoms with E-state index in [0.29, 0.717) is 11.4 Å². The van der Waals surface area contributed by atoms with Gasteiger partial charge in [0, 0.05) is 11.8 Å². The summed E-state index contributed by atoms with van der Waals surface area (Å²) in [5, 5.41) is 24.2. The fourth-order valence-electron chi connectivity index (χ4n) is 2.77. The zero-order valence-electron chi connectivity index (χ0n) is 15.7. The fourth-order valence-corrected chi connectivity index (χ4v) is 2.77. The number of aromatic nitrogens is 5. The minimum absolute atomic E-state index is 0.0869. The average molecular weight is 380 g/mol. The molecule has 2 heterocycles. The molecule has 0 fully saturated rings. The Balaban J connectivity index is 1.83. The fraction of sp³-hybridized carbons (Fsp3) is 0.263. The molecule has 9 heteroatoms. The van der Waals surface area contributed by atoms with Crippen molar-refractivity contribution in [1.82, 2.24) is 25.2 Å². The molecule has 0 saturated carbocycles. The highest BCUT2D eigenvalue weighted by Gasteiger charge is 2.28. The SMILES string of the molecule is Cc1cc(NC(=O)C(C(C)C)n2nnc(-c3ccccc3)n2)ncc1C(=O)O. The van der Waals surface area contributed by atoms with Crippen molar-refractivity contribution in [3.63, 3.8) is 0 Å². The lowest BCUT2D eigenvalue weighted by Gasteiger charge is -2.18. The average Bonchev–Trinajstić information content (AvgIpc) is 3.11. The molecule has 2 N–H and O–H groups in total. The van der Waals surface area contributed by atoms with Crippen molar-refractivity contribution >= 4 is 17.7 Å². The highest BCUT2D eigenvalue weighted by atomic mass is 16.4. The van der Waals surface area contributed by atoms with Crippen LogP contribution in [0.1, 0.15) is 35.8 Å². The van der Waals surface area contributed by atoms with Crippen LogP contribution in [0.3, 0.4) is 0 Å². The van der Waals surface area contributed by atoms with Gasteiger partial charge in [0.25, 0.3) is 5.91 Å². The van der Waals surface area contributed by atoms with E-state index >= 15 is 0 Å². The van der Waals surface area contributed by atoms with Crippen LogP contribution in [0, 0.1) is 12.8 Å². The van der Waals surface area contributed by atoms with Gasteiger partial charge in [-0.1, -0.05) is 44.2 Å². The topological polar surface area (TPSA) is 123 Å². The van der Waals surface area contributed by atoms with Gasteiger partial charge in [0.1, 0.15) is 5.82 Å². The third-order valence-corrected chi connectivity index (χ3v) is 4.20. The number of carbonyl (C=O) groups excluding carboxylic acids is 1. The molecular weight excluding hydrogens is 360 g/mol. The summed E-state index contributed by atoms with van der Waals surface area (Å²) in [7, 11) is 0. The number of carbonyl (C=O) groups is 2. The molecule has 9 nitrogen and oxygen atoms in total. The van der Waals surface area contributed by atoms with Gasteiger partial charge in [-0.05, 0) is 29.7 Å². The van der Waals surface area contributed by atoms with Crippen molar-refractivity contribution in [2.24, 2.45) is 5.92 Å². The second kappa shape index (κ2) is 7.95. The first-order chi connectivity index (χ1) is 13.4. The van der Waals surface area contributed by atoms with E-state index in [2.05, 4.69) is 25.7 Å². The molecule has 3 rings (SSSR count). The van der Waals surface area contributed by atoms with E-state index in [-0.39, 0.29) is 23.2 Å². The normalized spacial score (nSPS) is 12.0. The van der Waals surface area contributed by atoms with Crippen molar-refractivity contribution < 1.29 is 14.7 Å². The highest BCUT2D eigenvalue weighted by molar-refractivity contribution is 5.94. The first kappa shape index (κ1) is 19.2. The number of nitrogens with one attached hydrogen (secondary N) is 1. The zero-order chi connectivity index (χ0) is 20.3. The molecule has 1 aromatic carbocycles. The summed E-state index contributed by atoms with van der Waals surface area (Å²) in [4.78, 5) is 29.2. The maximum absolute atomic E-state index is 12.8. The molecule has 0 aliphatic carbocycles. The van der Waals surface area contributed by atoms with Gasteiger partial charge >= 0.3 is 5.97 Å². The molecule has 0 aliphatic heterocycles. The minimum atomic E-state index is -1.07. The van der Waals surface area contributed by atoms with Gasteiger partial charge in [-0.15, -0.1) is 10.2 Å². The van der Waals surface area contributed by atoms with Gasteiger partial charge in [-0.25, -0.2) is 9.78 Å². The summed E-state index contributed by atoms with van der Waals surface area (Å²) in [5.41, 5.74) is 1.39. The van der Waals surface area contributed by atoms with Crippen molar-refractivity contribution in [2.45, 2.75) is 26.8 Å². The Morgan fingerprint density at radius 2 is 1.89 bits per heavy atom. The van der Waals surface area contributed by atoms with Gasteiger partial charge in [0.05, 0.1) is 5.56 Å². The molecule has 0 aliphatic rings. The number of hydrogen-bond acceptors (Lipinski definition) is 6. The molecule has 0 spiro atoms. The minimum Gasteiger partial charge on any atom is -0.478 e. The van der Waals surface area contributed by atoms with E-state index in [1.165, 1.54) is 17.1 Å². The molecule has 0 bridgehead atoms. The number of carboxylic acid groups (broad SMARTS) is 1. The number of tetrazole rings is 1. The molecule has 0 radical (unpaired) electrons. The van der Waals surface area contributed by atoms with Crippen LogP contribution >= 0.6 is 0 Å². The summed E-state index contributed by atoms with van der Waals surface area (Å²) in [6.07, 6.45) is 1.22. The van der Waals surface area contributed by atoms with Crippen LogP contribution in [0.4, 0.5) is 5.82 Å². The molecule has 2 aromatic heterocycles. The number of benzene rings is 1. The van der Waals surface area contributed by atoms with Crippen molar-refractivity contribution in [1.29, 1.82) is 0 Å². The third-order valence-electron chi connectivity index (χ3n) is 4.20. The number of nitrogens with zero attached hydrogens (tertiary/aromatic N) is 5. The zero-order valence-corrected chi connectivity index (χ0v) is 15.7. The summed E-state index contributed by atoms with van der Waals surface area (Å²) in [6.45, 7) is 5.40. The predicted molar refractivity (Wildman–Crippen MR) is 102 cm³/mol. The molecule has 28 heavy (non-hydrogen) atoms.